The fourth-order valence-corrected chi connectivity index (χ4v) is 3.41. The highest BCUT2D eigenvalue weighted by molar-refractivity contribution is 6.30. The van der Waals surface area contributed by atoms with E-state index in [4.69, 9.17) is 25.8 Å². The van der Waals surface area contributed by atoms with Crippen LogP contribution >= 0.6 is 11.6 Å². The number of rotatable bonds is 5. The van der Waals surface area contributed by atoms with E-state index in [1.165, 1.54) is 0 Å². The van der Waals surface area contributed by atoms with E-state index in [0.717, 1.165) is 22.4 Å². The average molecular weight is 407 g/mol. The molecule has 0 saturated heterocycles. The Hall–Kier alpha value is -3.24. The molecule has 0 unspecified atom stereocenters. The Morgan fingerprint density at radius 1 is 1.07 bits per heavy atom. The molecular formula is C24H19ClO4. The van der Waals surface area contributed by atoms with Gasteiger partial charge in [0.15, 0.2) is 5.76 Å². The zero-order valence-corrected chi connectivity index (χ0v) is 16.8. The highest BCUT2D eigenvalue weighted by Gasteiger charge is 2.30. The van der Waals surface area contributed by atoms with Gasteiger partial charge >= 0.3 is 0 Å². The molecular weight excluding hydrogens is 388 g/mol. The molecule has 0 aliphatic carbocycles. The molecule has 0 N–H and O–H groups in total. The molecule has 146 valence electrons. The van der Waals surface area contributed by atoms with Gasteiger partial charge in [-0.25, -0.2) is 0 Å². The van der Waals surface area contributed by atoms with Gasteiger partial charge in [-0.05, 0) is 60.5 Å². The molecule has 0 radical (unpaired) electrons. The van der Waals surface area contributed by atoms with E-state index in [9.17, 15) is 4.79 Å². The molecule has 3 aromatic rings. The molecule has 3 aromatic carbocycles. The van der Waals surface area contributed by atoms with Crippen LogP contribution in [0.15, 0.2) is 66.4 Å². The third-order valence-corrected chi connectivity index (χ3v) is 4.95. The van der Waals surface area contributed by atoms with Crippen LogP contribution in [0, 0.1) is 6.92 Å². The van der Waals surface area contributed by atoms with Crippen LogP contribution in [0.5, 0.6) is 17.2 Å². The van der Waals surface area contributed by atoms with Crippen LogP contribution in [0.3, 0.4) is 0 Å². The Balaban J connectivity index is 1.57. The van der Waals surface area contributed by atoms with Crippen molar-refractivity contribution in [2.45, 2.75) is 13.5 Å². The lowest BCUT2D eigenvalue weighted by molar-refractivity contribution is 0.101. The first kappa shape index (κ1) is 19.1. The molecule has 4 rings (SSSR count). The summed E-state index contributed by atoms with van der Waals surface area (Å²) in [6.45, 7) is 2.26. The highest BCUT2D eigenvalue weighted by atomic mass is 35.5. The Labute approximate surface area is 174 Å². The fourth-order valence-electron chi connectivity index (χ4n) is 3.19. The smallest absolute Gasteiger partial charge is 0.231 e. The number of fused-ring (bicyclic) bond motifs is 1. The molecule has 0 spiro atoms. The Kier molecular flexibility index (Phi) is 5.28. The van der Waals surface area contributed by atoms with E-state index >= 15 is 0 Å². The van der Waals surface area contributed by atoms with E-state index in [-0.39, 0.29) is 11.5 Å². The van der Waals surface area contributed by atoms with E-state index < -0.39 is 0 Å². The van der Waals surface area contributed by atoms with E-state index in [0.29, 0.717) is 28.7 Å². The first-order valence-corrected chi connectivity index (χ1v) is 9.52. The third-order valence-electron chi connectivity index (χ3n) is 4.71. The van der Waals surface area contributed by atoms with Crippen molar-refractivity contribution in [3.63, 3.8) is 0 Å². The molecule has 5 heteroatoms. The standard InChI is InChI=1S/C24H19ClO4/c1-15-21(28-14-17-6-3-7-18(25)11-17)10-9-20-23(26)22(29-24(15)20)13-16-5-4-8-19(12-16)27-2/h3-13H,14H2,1-2H3/b22-13-. The summed E-state index contributed by atoms with van der Waals surface area (Å²) in [5, 5.41) is 0.665. The summed E-state index contributed by atoms with van der Waals surface area (Å²) in [4.78, 5) is 12.8. The Morgan fingerprint density at radius 3 is 2.69 bits per heavy atom. The number of carbonyl (C=O) groups is 1. The average Bonchev–Trinajstić information content (AvgIpc) is 3.04. The van der Waals surface area contributed by atoms with E-state index in [1.54, 1.807) is 25.3 Å². The topological polar surface area (TPSA) is 44.8 Å². The SMILES string of the molecule is COc1cccc(/C=C2\Oc3c(ccc(OCc4cccc(Cl)c4)c3C)C2=O)c1. The molecule has 0 fully saturated rings. The molecule has 0 atom stereocenters. The molecule has 0 amide bonds. The van der Waals surface area contributed by atoms with Crippen LogP contribution in [-0.2, 0) is 6.61 Å². The molecule has 1 aliphatic rings. The maximum Gasteiger partial charge on any atom is 0.231 e. The van der Waals surface area contributed by atoms with Crippen molar-refractivity contribution in [3.8, 4) is 17.2 Å². The van der Waals surface area contributed by atoms with Gasteiger partial charge in [-0.3, -0.25) is 4.79 Å². The second kappa shape index (κ2) is 8.02. The molecule has 0 aromatic heterocycles. The van der Waals surface area contributed by atoms with Gasteiger partial charge in [0.05, 0.1) is 12.7 Å². The summed E-state index contributed by atoms with van der Waals surface area (Å²) in [7, 11) is 1.60. The molecule has 4 nitrogen and oxygen atoms in total. The minimum atomic E-state index is -0.146. The highest BCUT2D eigenvalue weighted by Crippen LogP contribution is 2.39. The van der Waals surface area contributed by atoms with Gasteiger partial charge in [-0.1, -0.05) is 35.9 Å². The Morgan fingerprint density at radius 2 is 1.90 bits per heavy atom. The van der Waals surface area contributed by atoms with Gasteiger partial charge in [0.25, 0.3) is 0 Å². The van der Waals surface area contributed by atoms with Crippen molar-refractivity contribution in [1.29, 1.82) is 0 Å². The van der Waals surface area contributed by atoms with E-state index in [2.05, 4.69) is 0 Å². The van der Waals surface area contributed by atoms with Gasteiger partial charge < -0.3 is 14.2 Å². The summed E-state index contributed by atoms with van der Waals surface area (Å²) in [5.74, 6) is 2.05. The summed E-state index contributed by atoms with van der Waals surface area (Å²) in [6, 6.07) is 18.5. The number of carbonyl (C=O) groups excluding carboxylic acids is 1. The number of hydrogen-bond donors (Lipinski definition) is 0. The summed E-state index contributed by atoms with van der Waals surface area (Å²) in [6.07, 6.45) is 1.72. The van der Waals surface area contributed by atoms with Crippen LogP contribution < -0.4 is 14.2 Å². The number of benzene rings is 3. The van der Waals surface area contributed by atoms with Gasteiger partial charge in [-0.2, -0.15) is 0 Å². The predicted octanol–water partition coefficient (Wildman–Crippen LogP) is 5.85. The first-order chi connectivity index (χ1) is 14.0. The summed E-state index contributed by atoms with van der Waals surface area (Å²) in [5.41, 5.74) is 3.11. The van der Waals surface area contributed by atoms with Crippen molar-refractivity contribution in [2.24, 2.45) is 0 Å². The minimum Gasteiger partial charge on any atom is -0.497 e. The molecule has 1 heterocycles. The maximum atomic E-state index is 12.8. The van der Waals surface area contributed by atoms with Gasteiger partial charge in [-0.15, -0.1) is 0 Å². The fraction of sp³-hybridized carbons (Fsp3) is 0.125. The number of ketones is 1. The third kappa shape index (κ3) is 3.98. The van der Waals surface area contributed by atoms with Gasteiger partial charge in [0.2, 0.25) is 5.78 Å². The number of halogens is 1. The number of allylic oxidation sites excluding steroid dienone is 1. The lowest BCUT2D eigenvalue weighted by Crippen LogP contribution is -1.98. The Bertz CT molecular complexity index is 1120. The number of hydrogen-bond acceptors (Lipinski definition) is 4. The quantitative estimate of drug-likeness (QED) is 0.498. The zero-order chi connectivity index (χ0) is 20.4. The second-order valence-corrected chi connectivity index (χ2v) is 7.14. The minimum absolute atomic E-state index is 0.146. The van der Waals surface area contributed by atoms with Crippen molar-refractivity contribution in [1.82, 2.24) is 0 Å². The van der Waals surface area contributed by atoms with Crippen molar-refractivity contribution in [3.05, 3.63) is 93.7 Å². The normalized spacial score (nSPS) is 13.9. The summed E-state index contributed by atoms with van der Waals surface area (Å²) >= 11 is 6.03. The largest absolute Gasteiger partial charge is 0.497 e. The lowest BCUT2D eigenvalue weighted by atomic mass is 10.1. The van der Waals surface area contributed by atoms with Gasteiger partial charge in [0, 0.05) is 10.6 Å². The predicted molar refractivity (Wildman–Crippen MR) is 113 cm³/mol. The van der Waals surface area contributed by atoms with Gasteiger partial charge in [0.1, 0.15) is 23.9 Å². The van der Waals surface area contributed by atoms with E-state index in [1.807, 2.05) is 55.5 Å². The maximum absolute atomic E-state index is 12.8. The monoisotopic (exact) mass is 406 g/mol. The molecule has 0 bridgehead atoms. The summed E-state index contributed by atoms with van der Waals surface area (Å²) < 4.78 is 17.1. The zero-order valence-electron chi connectivity index (χ0n) is 16.1. The van der Waals surface area contributed by atoms with Crippen LogP contribution in [0.25, 0.3) is 6.08 Å². The number of methoxy groups -OCH3 is 1. The number of Topliss-reactive ketones (excluding diaryl/α,β-unsaturated/α-hetero) is 1. The van der Waals surface area contributed by atoms with Crippen LogP contribution in [0.4, 0.5) is 0 Å². The van der Waals surface area contributed by atoms with Crippen molar-refractivity contribution in [2.75, 3.05) is 7.11 Å². The molecule has 29 heavy (non-hydrogen) atoms. The first-order valence-electron chi connectivity index (χ1n) is 9.14. The second-order valence-electron chi connectivity index (χ2n) is 6.70. The lowest BCUT2D eigenvalue weighted by Gasteiger charge is -2.11. The van der Waals surface area contributed by atoms with Crippen LogP contribution in [-0.4, -0.2) is 12.9 Å². The van der Waals surface area contributed by atoms with Crippen LogP contribution in [0.2, 0.25) is 5.02 Å². The molecule has 1 aliphatic heterocycles. The van der Waals surface area contributed by atoms with Crippen molar-refractivity contribution >= 4 is 23.5 Å². The van der Waals surface area contributed by atoms with Crippen molar-refractivity contribution < 1.29 is 19.0 Å². The molecule has 0 saturated carbocycles. The number of ether oxygens (including phenoxy) is 3. The van der Waals surface area contributed by atoms with Crippen LogP contribution in [0.1, 0.15) is 27.0 Å².